The molecule has 0 aromatic heterocycles. The second kappa shape index (κ2) is 7.25. The van der Waals surface area contributed by atoms with Crippen LogP contribution in [0.1, 0.15) is 60.8 Å². The van der Waals surface area contributed by atoms with E-state index in [0.29, 0.717) is 11.8 Å². The molecule has 0 bridgehead atoms. The second-order valence-electron chi connectivity index (χ2n) is 7.34. The maximum Gasteiger partial charge on any atom is 0.118 e. The zero-order valence-corrected chi connectivity index (χ0v) is 15.1. The largest absolute Gasteiger partial charge is 0.497 e. The Balaban J connectivity index is 1.96. The lowest BCUT2D eigenvalue weighted by molar-refractivity contribution is 0.371. The summed E-state index contributed by atoms with van der Waals surface area (Å²) in [6.45, 7) is 8.66. The molecule has 0 fully saturated rings. The Morgan fingerprint density at radius 3 is 2.58 bits per heavy atom. The highest BCUT2D eigenvalue weighted by Gasteiger charge is 2.33. The van der Waals surface area contributed by atoms with Crippen molar-refractivity contribution in [2.45, 2.75) is 44.9 Å². The van der Waals surface area contributed by atoms with Gasteiger partial charge in [-0.05, 0) is 53.4 Å². The minimum atomic E-state index is 0.589. The molecule has 2 aromatic carbocycles. The topological polar surface area (TPSA) is 9.23 Å². The monoisotopic (exact) mass is 320 g/mol. The molecule has 0 amide bonds. The molecular formula is C23H28O. The van der Waals surface area contributed by atoms with Crippen molar-refractivity contribution in [2.24, 2.45) is 5.92 Å². The molecule has 0 aliphatic heterocycles. The lowest BCUT2D eigenvalue weighted by atomic mass is 9.82. The van der Waals surface area contributed by atoms with Crippen molar-refractivity contribution in [3.8, 4) is 0 Å². The van der Waals surface area contributed by atoms with Crippen LogP contribution in [0.25, 0.3) is 5.76 Å². The summed E-state index contributed by atoms with van der Waals surface area (Å²) in [6, 6.07) is 17.7. The van der Waals surface area contributed by atoms with Crippen molar-refractivity contribution in [1.29, 1.82) is 0 Å². The molecule has 126 valence electrons. The standard InChI is InChI=1S/C23H28O/c1-16(2)10-13-21-22(18-8-6-5-7-9-18)15-20-12-11-19(14-23(20)21)17(3)24-4/h5-9,11-12,14,16,21-22H,3,10,13,15H2,1-2,4H3. The fourth-order valence-electron chi connectivity index (χ4n) is 3.93. The van der Waals surface area contributed by atoms with Crippen LogP contribution in [0.4, 0.5) is 0 Å². The number of methoxy groups -OCH3 is 1. The Bertz CT molecular complexity index is 699. The summed E-state index contributed by atoms with van der Waals surface area (Å²) in [5.41, 5.74) is 5.57. The Hall–Kier alpha value is -2.02. The maximum absolute atomic E-state index is 5.35. The first-order valence-corrected chi connectivity index (χ1v) is 9.01. The molecule has 2 unspecified atom stereocenters. The third-order valence-electron chi connectivity index (χ3n) is 5.32. The first-order valence-electron chi connectivity index (χ1n) is 9.01. The fraction of sp³-hybridized carbons (Fsp3) is 0.391. The smallest absolute Gasteiger partial charge is 0.118 e. The van der Waals surface area contributed by atoms with Gasteiger partial charge in [0, 0.05) is 5.56 Å². The molecule has 1 nitrogen and oxygen atoms in total. The van der Waals surface area contributed by atoms with Gasteiger partial charge in [0.05, 0.1) is 7.11 Å². The van der Waals surface area contributed by atoms with Crippen molar-refractivity contribution in [3.63, 3.8) is 0 Å². The van der Waals surface area contributed by atoms with Gasteiger partial charge in [0.25, 0.3) is 0 Å². The molecule has 1 aliphatic carbocycles. The van der Waals surface area contributed by atoms with E-state index in [1.54, 1.807) is 7.11 Å². The number of benzene rings is 2. The zero-order chi connectivity index (χ0) is 17.1. The molecule has 0 spiro atoms. The number of ether oxygens (including phenoxy) is 1. The van der Waals surface area contributed by atoms with E-state index in [9.17, 15) is 0 Å². The van der Waals surface area contributed by atoms with E-state index in [-0.39, 0.29) is 0 Å². The van der Waals surface area contributed by atoms with Crippen molar-refractivity contribution in [1.82, 2.24) is 0 Å². The van der Waals surface area contributed by atoms with Crippen molar-refractivity contribution < 1.29 is 4.74 Å². The van der Waals surface area contributed by atoms with Gasteiger partial charge in [0.2, 0.25) is 0 Å². The fourth-order valence-corrected chi connectivity index (χ4v) is 3.93. The molecule has 0 saturated heterocycles. The van der Waals surface area contributed by atoms with E-state index in [0.717, 1.165) is 23.7 Å². The Kier molecular flexibility index (Phi) is 5.08. The predicted octanol–water partition coefficient (Wildman–Crippen LogP) is 6.16. The van der Waals surface area contributed by atoms with Gasteiger partial charge in [0.1, 0.15) is 5.76 Å². The molecule has 0 heterocycles. The van der Waals surface area contributed by atoms with Gasteiger partial charge in [-0.1, -0.05) is 69.3 Å². The van der Waals surface area contributed by atoms with Gasteiger partial charge >= 0.3 is 0 Å². The van der Waals surface area contributed by atoms with Crippen LogP contribution in [-0.2, 0) is 11.2 Å². The van der Waals surface area contributed by atoms with Crippen LogP contribution in [0.15, 0.2) is 55.1 Å². The maximum atomic E-state index is 5.35. The molecule has 3 rings (SSSR count). The number of hydrogen-bond donors (Lipinski definition) is 0. The molecule has 0 saturated carbocycles. The molecule has 24 heavy (non-hydrogen) atoms. The quantitative estimate of drug-likeness (QED) is 0.579. The van der Waals surface area contributed by atoms with Gasteiger partial charge in [-0.25, -0.2) is 0 Å². The highest BCUT2D eigenvalue weighted by molar-refractivity contribution is 5.60. The van der Waals surface area contributed by atoms with Gasteiger partial charge in [-0.3, -0.25) is 0 Å². The van der Waals surface area contributed by atoms with Crippen LogP contribution in [0.3, 0.4) is 0 Å². The third kappa shape index (κ3) is 3.40. The van der Waals surface area contributed by atoms with Crippen molar-refractivity contribution >= 4 is 5.76 Å². The van der Waals surface area contributed by atoms with Crippen LogP contribution in [0.5, 0.6) is 0 Å². The van der Waals surface area contributed by atoms with Crippen LogP contribution in [-0.4, -0.2) is 7.11 Å². The zero-order valence-electron chi connectivity index (χ0n) is 15.1. The average Bonchev–Trinajstić information content (AvgIpc) is 2.97. The summed E-state index contributed by atoms with van der Waals surface area (Å²) in [6.07, 6.45) is 3.65. The van der Waals surface area contributed by atoms with E-state index < -0.39 is 0 Å². The Morgan fingerprint density at radius 1 is 1.17 bits per heavy atom. The summed E-state index contributed by atoms with van der Waals surface area (Å²) < 4.78 is 5.35. The molecule has 1 aliphatic rings. The highest BCUT2D eigenvalue weighted by Crippen LogP contribution is 2.47. The van der Waals surface area contributed by atoms with Crippen LogP contribution in [0, 0.1) is 5.92 Å². The van der Waals surface area contributed by atoms with E-state index in [1.807, 2.05) is 0 Å². The summed E-state index contributed by atoms with van der Waals surface area (Å²) in [5, 5.41) is 0. The van der Waals surface area contributed by atoms with Crippen LogP contribution >= 0.6 is 0 Å². The summed E-state index contributed by atoms with van der Waals surface area (Å²) in [7, 11) is 1.69. The van der Waals surface area contributed by atoms with Crippen LogP contribution in [0.2, 0.25) is 0 Å². The van der Waals surface area contributed by atoms with Gasteiger partial charge in [0.15, 0.2) is 0 Å². The van der Waals surface area contributed by atoms with Crippen molar-refractivity contribution in [3.05, 3.63) is 77.4 Å². The van der Waals surface area contributed by atoms with E-state index in [2.05, 4.69) is 69.0 Å². The Morgan fingerprint density at radius 2 is 1.92 bits per heavy atom. The number of fused-ring (bicyclic) bond motifs is 1. The molecule has 1 heteroatoms. The molecule has 0 N–H and O–H groups in total. The summed E-state index contributed by atoms with van der Waals surface area (Å²) in [4.78, 5) is 0. The molecule has 2 atom stereocenters. The SMILES string of the molecule is C=C(OC)c1ccc2c(c1)C(CCC(C)C)C(c1ccccc1)C2. The van der Waals surface area contributed by atoms with Crippen molar-refractivity contribution in [2.75, 3.05) is 7.11 Å². The molecule has 2 aromatic rings. The van der Waals surface area contributed by atoms with Gasteiger partial charge < -0.3 is 4.74 Å². The first-order chi connectivity index (χ1) is 11.6. The number of hydrogen-bond acceptors (Lipinski definition) is 1. The van der Waals surface area contributed by atoms with E-state index >= 15 is 0 Å². The van der Waals surface area contributed by atoms with Gasteiger partial charge in [-0.2, -0.15) is 0 Å². The van der Waals surface area contributed by atoms with Crippen LogP contribution < -0.4 is 0 Å². The summed E-state index contributed by atoms with van der Waals surface area (Å²) >= 11 is 0. The third-order valence-corrected chi connectivity index (χ3v) is 5.32. The second-order valence-corrected chi connectivity index (χ2v) is 7.34. The first kappa shape index (κ1) is 16.8. The molecular weight excluding hydrogens is 292 g/mol. The predicted molar refractivity (Wildman–Crippen MR) is 102 cm³/mol. The van der Waals surface area contributed by atoms with E-state index in [4.69, 9.17) is 4.74 Å². The lowest BCUT2D eigenvalue weighted by Crippen LogP contribution is -2.08. The average molecular weight is 320 g/mol. The lowest BCUT2D eigenvalue weighted by Gasteiger charge is -2.22. The minimum absolute atomic E-state index is 0.589. The highest BCUT2D eigenvalue weighted by atomic mass is 16.5. The summed E-state index contributed by atoms with van der Waals surface area (Å²) in [5.74, 6) is 2.67. The minimum Gasteiger partial charge on any atom is -0.497 e. The molecule has 0 radical (unpaired) electrons. The Labute approximate surface area is 146 Å². The van der Waals surface area contributed by atoms with Gasteiger partial charge in [-0.15, -0.1) is 0 Å². The normalized spacial score (nSPS) is 19.3. The number of rotatable bonds is 6. The van der Waals surface area contributed by atoms with E-state index in [1.165, 1.54) is 29.5 Å².